The van der Waals surface area contributed by atoms with Gasteiger partial charge in [-0.05, 0) is 46.8 Å². The number of benzene rings is 1. The van der Waals surface area contributed by atoms with Gasteiger partial charge in [-0.2, -0.15) is 0 Å². The number of fused-ring (bicyclic) bond motifs is 3. The number of carbonyl (C=O) groups is 4. The highest BCUT2D eigenvalue weighted by Crippen LogP contribution is 2.31. The zero-order chi connectivity index (χ0) is 31.4. The van der Waals surface area contributed by atoms with Crippen LogP contribution in [-0.4, -0.2) is 72.3 Å². The maximum atomic E-state index is 13.9. The fourth-order valence-electron chi connectivity index (χ4n) is 6.31. The lowest BCUT2D eigenvalue weighted by atomic mass is 9.85. The highest BCUT2D eigenvalue weighted by molar-refractivity contribution is 5.91. The smallest absolute Gasteiger partial charge is 0.410 e. The van der Waals surface area contributed by atoms with Gasteiger partial charge in [-0.15, -0.1) is 0 Å². The number of aryl methyl sites for hydroxylation is 1. The first-order valence-corrected chi connectivity index (χ1v) is 15.7. The number of hydrogen-bond donors (Lipinski definition) is 1. The number of carbonyl (C=O) groups excluding carboxylic acids is 4. The minimum atomic E-state index is -0.974. The van der Waals surface area contributed by atoms with Gasteiger partial charge in [-0.25, -0.2) is 14.4 Å². The lowest BCUT2D eigenvalue weighted by Gasteiger charge is -2.35. The Kier molecular flexibility index (Phi) is 10.3. The summed E-state index contributed by atoms with van der Waals surface area (Å²) in [5.41, 5.74) is 2.71. The summed E-state index contributed by atoms with van der Waals surface area (Å²) in [4.78, 5) is 56.0. The Morgan fingerprint density at radius 1 is 1.02 bits per heavy atom. The topological polar surface area (TPSA) is 114 Å². The molecule has 4 bridgehead atoms. The Labute approximate surface area is 255 Å². The number of nitrogens with one attached hydrogen (secondary N) is 1. The molecule has 3 aliphatic heterocycles. The molecular formula is C33H49N3O7. The van der Waals surface area contributed by atoms with Crippen molar-refractivity contribution in [3.8, 4) is 0 Å². The molecule has 43 heavy (non-hydrogen) atoms. The Hall–Kier alpha value is -3.30. The van der Waals surface area contributed by atoms with Crippen LogP contribution in [-0.2, 0) is 43.3 Å². The van der Waals surface area contributed by atoms with Crippen molar-refractivity contribution in [3.63, 3.8) is 0 Å². The van der Waals surface area contributed by atoms with Crippen LogP contribution in [0.25, 0.3) is 0 Å². The van der Waals surface area contributed by atoms with E-state index in [-0.39, 0.29) is 25.0 Å². The number of rotatable bonds is 1. The number of alkyl carbamates (subject to hydrolysis) is 1. The third-order valence-electron chi connectivity index (χ3n) is 8.89. The van der Waals surface area contributed by atoms with Crippen molar-refractivity contribution in [1.82, 2.24) is 15.1 Å². The molecule has 1 unspecified atom stereocenters. The van der Waals surface area contributed by atoms with Gasteiger partial charge in [0.25, 0.3) is 0 Å². The first-order chi connectivity index (χ1) is 20.3. The summed E-state index contributed by atoms with van der Waals surface area (Å²) in [6.07, 6.45) is 5.69. The molecule has 3 aliphatic rings. The second kappa shape index (κ2) is 13.6. The molecule has 1 aromatic carbocycles. The standard InChI is InChI=1S/C33H49N3O7/c1-32(2,3)27-28(37)36-19-24(17-26(36)29(38)41-6)43-31(40)35-18-23-15-12-14-22(25(23)20-35)13-10-8-7-9-11-16-33(4,5)21-42-30(39)34-27/h12,14-15,24,26-27H,7-11,13,16-21H2,1-6H3,(H,34,39)/t24-,26?,27-/m1/s1. The predicted octanol–water partition coefficient (Wildman–Crippen LogP) is 5.35. The molecule has 1 saturated heterocycles. The molecule has 0 aromatic heterocycles. The highest BCUT2D eigenvalue weighted by Gasteiger charge is 2.47. The third kappa shape index (κ3) is 8.21. The van der Waals surface area contributed by atoms with E-state index in [0.717, 1.165) is 50.5 Å². The molecule has 3 amide bonds. The quantitative estimate of drug-likeness (QED) is 0.342. The fourth-order valence-corrected chi connectivity index (χ4v) is 6.31. The van der Waals surface area contributed by atoms with Crippen molar-refractivity contribution in [2.75, 3.05) is 20.3 Å². The summed E-state index contributed by atoms with van der Waals surface area (Å²) in [5, 5.41) is 2.76. The Morgan fingerprint density at radius 2 is 1.72 bits per heavy atom. The molecule has 4 rings (SSSR count). The van der Waals surface area contributed by atoms with Crippen LogP contribution >= 0.6 is 0 Å². The molecule has 3 atom stereocenters. The Morgan fingerprint density at radius 3 is 2.44 bits per heavy atom. The number of esters is 1. The van der Waals surface area contributed by atoms with Crippen LogP contribution in [0.5, 0.6) is 0 Å². The third-order valence-corrected chi connectivity index (χ3v) is 8.89. The SMILES string of the molecule is COC(=O)C1C[C@@H]2CN1C(=O)[C@H](C(C)(C)C)NC(=O)OCC(C)(C)CCCCCCCc1cccc3c1CN(C3)C(=O)O2. The summed E-state index contributed by atoms with van der Waals surface area (Å²) in [6, 6.07) is 4.36. The molecule has 3 heterocycles. The average Bonchev–Trinajstić information content (AvgIpc) is 3.58. The van der Waals surface area contributed by atoms with Gasteiger partial charge in [0, 0.05) is 19.5 Å². The van der Waals surface area contributed by atoms with Crippen molar-refractivity contribution in [2.45, 2.75) is 117 Å². The van der Waals surface area contributed by atoms with E-state index in [1.807, 2.05) is 20.8 Å². The molecule has 1 aromatic rings. The van der Waals surface area contributed by atoms with Crippen molar-refractivity contribution in [1.29, 1.82) is 0 Å². The maximum absolute atomic E-state index is 13.9. The maximum Gasteiger partial charge on any atom is 0.410 e. The summed E-state index contributed by atoms with van der Waals surface area (Å²) in [7, 11) is 1.26. The highest BCUT2D eigenvalue weighted by atomic mass is 16.6. The van der Waals surface area contributed by atoms with E-state index < -0.39 is 47.7 Å². The lowest BCUT2D eigenvalue weighted by Crippen LogP contribution is -2.57. The van der Waals surface area contributed by atoms with Crippen molar-refractivity contribution < 1.29 is 33.4 Å². The van der Waals surface area contributed by atoms with E-state index in [1.54, 1.807) is 4.90 Å². The second-order valence-electron chi connectivity index (χ2n) is 14.1. The van der Waals surface area contributed by atoms with Gasteiger partial charge in [0.15, 0.2) is 0 Å². The number of cyclic esters (lactones) is 1. The number of nitrogens with zero attached hydrogens (tertiary/aromatic N) is 2. The molecule has 0 spiro atoms. The lowest BCUT2D eigenvalue weighted by molar-refractivity contribution is -0.152. The number of ether oxygens (including phenoxy) is 3. The van der Waals surface area contributed by atoms with Crippen molar-refractivity contribution >= 4 is 24.1 Å². The van der Waals surface area contributed by atoms with E-state index in [1.165, 1.54) is 23.1 Å². The zero-order valence-electron chi connectivity index (χ0n) is 26.7. The van der Waals surface area contributed by atoms with Gasteiger partial charge in [0.05, 0.1) is 20.3 Å². The largest absolute Gasteiger partial charge is 0.467 e. The normalized spacial score (nSPS) is 25.9. The van der Waals surface area contributed by atoms with Crippen LogP contribution < -0.4 is 5.32 Å². The number of methoxy groups -OCH3 is 1. The molecular weight excluding hydrogens is 550 g/mol. The minimum absolute atomic E-state index is 0.0206. The van der Waals surface area contributed by atoms with E-state index in [2.05, 4.69) is 37.4 Å². The monoisotopic (exact) mass is 599 g/mol. The summed E-state index contributed by atoms with van der Waals surface area (Å²) in [5.74, 6) is -1.04. The molecule has 238 valence electrons. The molecule has 0 saturated carbocycles. The first kappa shape index (κ1) is 32.6. The van der Waals surface area contributed by atoms with E-state index >= 15 is 0 Å². The minimum Gasteiger partial charge on any atom is -0.467 e. The molecule has 0 aliphatic carbocycles. The van der Waals surface area contributed by atoms with E-state index in [0.29, 0.717) is 13.1 Å². The fraction of sp³-hybridized carbons (Fsp3) is 0.697. The van der Waals surface area contributed by atoms with Gasteiger partial charge in [0.2, 0.25) is 5.91 Å². The summed E-state index contributed by atoms with van der Waals surface area (Å²) >= 11 is 0. The van der Waals surface area contributed by atoms with Crippen LogP contribution in [0, 0.1) is 10.8 Å². The molecule has 10 heteroatoms. The van der Waals surface area contributed by atoms with Gasteiger partial charge in [-0.3, -0.25) is 9.69 Å². The van der Waals surface area contributed by atoms with Crippen molar-refractivity contribution in [3.05, 3.63) is 34.9 Å². The van der Waals surface area contributed by atoms with Crippen LogP contribution in [0.1, 0.15) is 96.3 Å². The van der Waals surface area contributed by atoms with Gasteiger partial charge in [-0.1, -0.05) is 78.5 Å². The van der Waals surface area contributed by atoms with Crippen LogP contribution in [0.15, 0.2) is 18.2 Å². The van der Waals surface area contributed by atoms with E-state index in [4.69, 9.17) is 14.2 Å². The van der Waals surface area contributed by atoms with Crippen LogP contribution in [0.4, 0.5) is 9.59 Å². The van der Waals surface area contributed by atoms with Gasteiger partial charge >= 0.3 is 18.2 Å². The Balaban J connectivity index is 1.57. The predicted molar refractivity (Wildman–Crippen MR) is 161 cm³/mol. The molecule has 1 N–H and O–H groups in total. The zero-order valence-corrected chi connectivity index (χ0v) is 26.7. The number of hydrogen-bond acceptors (Lipinski definition) is 7. The van der Waals surface area contributed by atoms with Crippen LogP contribution in [0.2, 0.25) is 0 Å². The molecule has 1 fully saturated rings. The average molecular weight is 600 g/mol. The summed E-state index contributed by atoms with van der Waals surface area (Å²) in [6.45, 7) is 10.9. The van der Waals surface area contributed by atoms with Crippen LogP contribution in [0.3, 0.4) is 0 Å². The van der Waals surface area contributed by atoms with Gasteiger partial charge in [0.1, 0.15) is 18.2 Å². The van der Waals surface area contributed by atoms with Gasteiger partial charge < -0.3 is 24.4 Å². The summed E-state index contributed by atoms with van der Waals surface area (Å²) < 4.78 is 16.5. The second-order valence-corrected chi connectivity index (χ2v) is 14.1. The molecule has 10 nitrogen and oxygen atoms in total. The molecule has 0 radical (unpaired) electrons. The number of amides is 3. The first-order valence-electron chi connectivity index (χ1n) is 15.7. The van der Waals surface area contributed by atoms with E-state index in [9.17, 15) is 19.2 Å². The Bertz CT molecular complexity index is 1190. The van der Waals surface area contributed by atoms with Crippen molar-refractivity contribution in [2.24, 2.45) is 10.8 Å².